The molecule has 1 saturated carbocycles. The Morgan fingerprint density at radius 1 is 1.21 bits per heavy atom. The average Bonchev–Trinajstić information content (AvgIpc) is 3.49. The molecule has 8 nitrogen and oxygen atoms in total. The Hall–Kier alpha value is -2.90. The molecule has 1 atom stereocenters. The van der Waals surface area contributed by atoms with Crippen LogP contribution in [0.4, 0.5) is 0 Å². The highest BCUT2D eigenvalue weighted by atomic mass is 16.2. The van der Waals surface area contributed by atoms with Crippen LogP contribution in [-0.2, 0) is 18.4 Å². The minimum Gasteiger partial charge on any atom is -0.342 e. The highest BCUT2D eigenvalue weighted by Crippen LogP contribution is 2.40. The molecule has 0 spiro atoms. The Balaban J connectivity index is 1.48. The molecule has 4 rings (SSSR count). The molecular weight excluding hydrogens is 370 g/mol. The van der Waals surface area contributed by atoms with Crippen molar-refractivity contribution in [3.05, 3.63) is 52.5 Å². The van der Waals surface area contributed by atoms with Crippen LogP contribution in [-0.4, -0.2) is 43.9 Å². The molecule has 1 saturated heterocycles. The molecule has 154 valence electrons. The van der Waals surface area contributed by atoms with Gasteiger partial charge in [-0.05, 0) is 44.1 Å². The van der Waals surface area contributed by atoms with Gasteiger partial charge in [0.25, 0.3) is 11.5 Å². The smallest absolute Gasteiger partial charge is 0.253 e. The molecule has 1 unspecified atom stereocenters. The van der Waals surface area contributed by atoms with Crippen LogP contribution in [0.5, 0.6) is 0 Å². The number of nitrogens with zero attached hydrogens (tertiary/aromatic N) is 4. The van der Waals surface area contributed by atoms with Gasteiger partial charge in [-0.2, -0.15) is 0 Å². The van der Waals surface area contributed by atoms with Crippen molar-refractivity contribution in [1.29, 1.82) is 0 Å². The van der Waals surface area contributed by atoms with Crippen molar-refractivity contribution in [2.24, 2.45) is 13.0 Å². The van der Waals surface area contributed by atoms with Crippen LogP contribution in [0.25, 0.3) is 0 Å². The fraction of sp³-hybridized carbons (Fsp3) is 0.524. The number of pyridine rings is 1. The van der Waals surface area contributed by atoms with Crippen molar-refractivity contribution < 1.29 is 9.59 Å². The van der Waals surface area contributed by atoms with E-state index in [0.717, 1.165) is 51.0 Å². The van der Waals surface area contributed by atoms with Crippen molar-refractivity contribution in [3.8, 4) is 0 Å². The number of carbonyl (C=O) groups excluding carboxylic acids is 2. The van der Waals surface area contributed by atoms with Crippen molar-refractivity contribution in [2.45, 2.75) is 44.7 Å². The third-order valence-electron chi connectivity index (χ3n) is 5.78. The van der Waals surface area contributed by atoms with Crippen LogP contribution >= 0.6 is 0 Å². The normalized spacial score (nSPS) is 17.8. The predicted octanol–water partition coefficient (Wildman–Crippen LogP) is 1.48. The first-order valence-electron chi connectivity index (χ1n) is 10.3. The SMILES string of the molecule is Cn1ccnc1C(NC(=O)c1ccc(=O)n(CC(=O)N2CCCCC2)c1)C1CC1. The first-order chi connectivity index (χ1) is 14.0. The number of nitrogens with one attached hydrogen (secondary N) is 1. The molecule has 2 fully saturated rings. The standard InChI is InChI=1S/C21H27N5O3/c1-24-12-9-22-20(24)19(15-5-6-15)23-21(29)16-7-8-17(27)26(13-16)14-18(28)25-10-3-2-4-11-25/h7-9,12-13,15,19H,2-6,10-11,14H2,1H3,(H,23,29). The molecule has 1 aliphatic carbocycles. The predicted molar refractivity (Wildman–Crippen MR) is 107 cm³/mol. The van der Waals surface area contributed by atoms with E-state index in [1.165, 1.54) is 22.9 Å². The number of hydrogen-bond donors (Lipinski definition) is 1. The highest BCUT2D eigenvalue weighted by molar-refractivity contribution is 5.94. The molecular formula is C21H27N5O3. The third kappa shape index (κ3) is 4.41. The van der Waals surface area contributed by atoms with Crippen LogP contribution < -0.4 is 10.9 Å². The Morgan fingerprint density at radius 3 is 2.62 bits per heavy atom. The minimum atomic E-state index is -0.283. The summed E-state index contributed by atoms with van der Waals surface area (Å²) in [6.07, 6.45) is 10.3. The summed E-state index contributed by atoms with van der Waals surface area (Å²) >= 11 is 0. The lowest BCUT2D eigenvalue weighted by molar-refractivity contribution is -0.132. The van der Waals surface area contributed by atoms with Crippen LogP contribution in [0.1, 0.15) is 54.3 Å². The van der Waals surface area contributed by atoms with Gasteiger partial charge >= 0.3 is 0 Å². The molecule has 2 aliphatic rings. The molecule has 0 radical (unpaired) electrons. The second-order valence-electron chi connectivity index (χ2n) is 8.01. The van der Waals surface area contributed by atoms with Gasteiger partial charge in [0.1, 0.15) is 12.4 Å². The Bertz CT molecular complexity index is 953. The summed E-state index contributed by atoms with van der Waals surface area (Å²) in [5.74, 6) is 0.873. The average molecular weight is 397 g/mol. The first-order valence-corrected chi connectivity index (χ1v) is 10.3. The van der Waals surface area contributed by atoms with E-state index in [4.69, 9.17) is 0 Å². The number of carbonyl (C=O) groups is 2. The molecule has 2 aromatic heterocycles. The van der Waals surface area contributed by atoms with Crippen LogP contribution in [0.15, 0.2) is 35.5 Å². The molecule has 1 N–H and O–H groups in total. The Morgan fingerprint density at radius 2 is 1.97 bits per heavy atom. The summed E-state index contributed by atoms with van der Waals surface area (Å²) in [5, 5.41) is 3.07. The summed E-state index contributed by atoms with van der Waals surface area (Å²) in [6.45, 7) is 1.44. The zero-order valence-electron chi connectivity index (χ0n) is 16.7. The summed E-state index contributed by atoms with van der Waals surface area (Å²) in [5.41, 5.74) is 0.0886. The van der Waals surface area contributed by atoms with Crippen LogP contribution in [0.3, 0.4) is 0 Å². The largest absolute Gasteiger partial charge is 0.342 e. The van der Waals surface area contributed by atoms with Crippen molar-refractivity contribution in [3.63, 3.8) is 0 Å². The van der Waals surface area contributed by atoms with Crippen LogP contribution in [0, 0.1) is 5.92 Å². The summed E-state index contributed by atoms with van der Waals surface area (Å²) in [7, 11) is 1.91. The first kappa shape index (κ1) is 19.4. The van der Waals surface area contributed by atoms with E-state index in [-0.39, 0.29) is 30.0 Å². The Labute approximate surface area is 169 Å². The van der Waals surface area contributed by atoms with E-state index in [0.29, 0.717) is 11.5 Å². The number of imidazole rings is 1. The molecule has 3 heterocycles. The lowest BCUT2D eigenvalue weighted by Gasteiger charge is -2.27. The lowest BCUT2D eigenvalue weighted by Crippen LogP contribution is -2.39. The number of aromatic nitrogens is 3. The van der Waals surface area contributed by atoms with E-state index in [1.807, 2.05) is 17.8 Å². The van der Waals surface area contributed by atoms with Gasteiger partial charge in [-0.25, -0.2) is 4.98 Å². The molecule has 0 aromatic carbocycles. The quantitative estimate of drug-likeness (QED) is 0.800. The third-order valence-corrected chi connectivity index (χ3v) is 5.78. The van der Waals surface area contributed by atoms with E-state index in [1.54, 1.807) is 11.1 Å². The Kier molecular flexibility index (Phi) is 5.51. The van der Waals surface area contributed by atoms with Gasteiger partial charge < -0.3 is 19.4 Å². The van der Waals surface area contributed by atoms with Gasteiger partial charge in [-0.3, -0.25) is 14.4 Å². The van der Waals surface area contributed by atoms with Crippen LogP contribution in [0.2, 0.25) is 0 Å². The van der Waals surface area contributed by atoms with Gasteiger partial charge in [0.2, 0.25) is 5.91 Å². The summed E-state index contributed by atoms with van der Waals surface area (Å²) in [6, 6.07) is 2.71. The molecule has 2 aromatic rings. The van der Waals surface area contributed by atoms with Crippen molar-refractivity contribution >= 4 is 11.8 Å². The van der Waals surface area contributed by atoms with Gasteiger partial charge in [0, 0.05) is 44.8 Å². The number of likely N-dealkylation sites (tertiary alicyclic amines) is 1. The van der Waals surface area contributed by atoms with Gasteiger partial charge in [0.15, 0.2) is 0 Å². The van der Waals surface area contributed by atoms with Gasteiger partial charge in [-0.15, -0.1) is 0 Å². The van der Waals surface area contributed by atoms with E-state index >= 15 is 0 Å². The minimum absolute atomic E-state index is 0.0363. The van der Waals surface area contributed by atoms with Crippen molar-refractivity contribution in [1.82, 2.24) is 24.3 Å². The maximum absolute atomic E-state index is 12.9. The zero-order valence-corrected chi connectivity index (χ0v) is 16.7. The van der Waals surface area contributed by atoms with E-state index < -0.39 is 0 Å². The molecule has 2 amide bonds. The number of aryl methyl sites for hydroxylation is 1. The maximum Gasteiger partial charge on any atom is 0.253 e. The highest BCUT2D eigenvalue weighted by Gasteiger charge is 2.36. The van der Waals surface area contributed by atoms with E-state index in [9.17, 15) is 14.4 Å². The van der Waals surface area contributed by atoms with Gasteiger partial charge in [-0.1, -0.05) is 0 Å². The molecule has 29 heavy (non-hydrogen) atoms. The van der Waals surface area contributed by atoms with Crippen molar-refractivity contribution in [2.75, 3.05) is 13.1 Å². The van der Waals surface area contributed by atoms with E-state index in [2.05, 4.69) is 10.3 Å². The molecule has 1 aliphatic heterocycles. The number of piperidine rings is 1. The number of rotatable bonds is 6. The fourth-order valence-corrected chi connectivity index (χ4v) is 3.90. The second kappa shape index (κ2) is 8.23. The number of amides is 2. The number of hydrogen-bond acceptors (Lipinski definition) is 4. The summed E-state index contributed by atoms with van der Waals surface area (Å²) < 4.78 is 3.25. The van der Waals surface area contributed by atoms with Gasteiger partial charge in [0.05, 0.1) is 11.6 Å². The lowest BCUT2D eigenvalue weighted by atomic mass is 10.1. The zero-order chi connectivity index (χ0) is 20.4. The topological polar surface area (TPSA) is 89.2 Å². The molecule has 0 bridgehead atoms. The summed E-state index contributed by atoms with van der Waals surface area (Å²) in [4.78, 5) is 43.8. The fourth-order valence-electron chi connectivity index (χ4n) is 3.90. The monoisotopic (exact) mass is 397 g/mol. The second-order valence-corrected chi connectivity index (χ2v) is 8.01. The molecule has 8 heteroatoms. The maximum atomic E-state index is 12.9.